The van der Waals surface area contributed by atoms with Crippen molar-refractivity contribution in [3.63, 3.8) is 0 Å². The Morgan fingerprint density at radius 1 is 1.56 bits per heavy atom. The highest BCUT2D eigenvalue weighted by Gasteiger charge is 2.02. The van der Waals surface area contributed by atoms with E-state index < -0.39 is 0 Å². The van der Waals surface area contributed by atoms with Crippen LogP contribution in [0.4, 0.5) is 0 Å². The van der Waals surface area contributed by atoms with Crippen LogP contribution in [0.3, 0.4) is 0 Å². The molecule has 1 aromatic heterocycles. The summed E-state index contributed by atoms with van der Waals surface area (Å²) in [6.45, 7) is 5.57. The standard InChI is InChI=1S/C11H19N3O2/c1-9(2)12-5-4-8-16-10-11(15)14(3)7-6-13-10/h6-7,9,12H,4-5,8H2,1-3H3. The van der Waals surface area contributed by atoms with Gasteiger partial charge in [0, 0.05) is 25.5 Å². The summed E-state index contributed by atoms with van der Waals surface area (Å²) in [5.74, 6) is 0.176. The summed E-state index contributed by atoms with van der Waals surface area (Å²) in [7, 11) is 1.68. The highest BCUT2D eigenvalue weighted by Crippen LogP contribution is 1.95. The van der Waals surface area contributed by atoms with E-state index in [-0.39, 0.29) is 11.4 Å². The van der Waals surface area contributed by atoms with Gasteiger partial charge in [-0.15, -0.1) is 0 Å². The van der Waals surface area contributed by atoms with Crippen LogP contribution in [0, 0.1) is 0 Å². The average molecular weight is 225 g/mol. The lowest BCUT2D eigenvalue weighted by molar-refractivity contribution is 0.288. The van der Waals surface area contributed by atoms with Gasteiger partial charge < -0.3 is 14.6 Å². The van der Waals surface area contributed by atoms with Crippen LogP contribution in [0.5, 0.6) is 5.88 Å². The molecule has 16 heavy (non-hydrogen) atoms. The van der Waals surface area contributed by atoms with Crippen LogP contribution in [0.1, 0.15) is 20.3 Å². The first-order valence-corrected chi connectivity index (χ1v) is 5.49. The molecule has 1 aromatic rings. The van der Waals surface area contributed by atoms with Crippen LogP contribution < -0.4 is 15.6 Å². The van der Waals surface area contributed by atoms with E-state index in [9.17, 15) is 4.79 Å². The molecule has 0 aliphatic rings. The molecule has 0 spiro atoms. The molecule has 0 radical (unpaired) electrons. The predicted octanol–water partition coefficient (Wildman–Crippen LogP) is 0.547. The fourth-order valence-electron chi connectivity index (χ4n) is 1.21. The van der Waals surface area contributed by atoms with Gasteiger partial charge in [-0.2, -0.15) is 0 Å². The Bertz CT molecular complexity index is 374. The number of hydrogen-bond acceptors (Lipinski definition) is 4. The Morgan fingerprint density at radius 3 is 3.00 bits per heavy atom. The van der Waals surface area contributed by atoms with Crippen molar-refractivity contribution < 1.29 is 4.74 Å². The molecule has 0 bridgehead atoms. The molecule has 0 amide bonds. The fraction of sp³-hybridized carbons (Fsp3) is 0.636. The zero-order valence-corrected chi connectivity index (χ0v) is 10.1. The molecular formula is C11H19N3O2. The number of rotatable bonds is 6. The highest BCUT2D eigenvalue weighted by atomic mass is 16.5. The fourth-order valence-corrected chi connectivity index (χ4v) is 1.21. The van der Waals surface area contributed by atoms with E-state index in [0.29, 0.717) is 12.6 Å². The Hall–Kier alpha value is -1.36. The first-order chi connectivity index (χ1) is 7.61. The maximum Gasteiger partial charge on any atom is 0.313 e. The minimum Gasteiger partial charge on any atom is -0.474 e. The van der Waals surface area contributed by atoms with E-state index in [2.05, 4.69) is 24.1 Å². The van der Waals surface area contributed by atoms with Crippen LogP contribution in [-0.4, -0.2) is 28.7 Å². The molecule has 0 saturated heterocycles. The van der Waals surface area contributed by atoms with Gasteiger partial charge in [-0.05, 0) is 13.0 Å². The van der Waals surface area contributed by atoms with Gasteiger partial charge in [-0.1, -0.05) is 13.8 Å². The largest absolute Gasteiger partial charge is 0.474 e. The Labute approximate surface area is 95.5 Å². The number of aryl methyl sites for hydroxylation is 1. The lowest BCUT2D eigenvalue weighted by atomic mass is 10.3. The first-order valence-electron chi connectivity index (χ1n) is 5.49. The number of hydrogen-bond donors (Lipinski definition) is 1. The maximum absolute atomic E-state index is 11.5. The van der Waals surface area contributed by atoms with Gasteiger partial charge in [0.05, 0.1) is 6.61 Å². The van der Waals surface area contributed by atoms with Crippen molar-refractivity contribution in [2.24, 2.45) is 7.05 Å². The molecule has 1 rings (SSSR count). The van der Waals surface area contributed by atoms with Crippen molar-refractivity contribution in [2.75, 3.05) is 13.2 Å². The highest BCUT2D eigenvalue weighted by molar-refractivity contribution is 5.03. The second-order valence-corrected chi connectivity index (χ2v) is 3.96. The molecular weight excluding hydrogens is 206 g/mol. The van der Waals surface area contributed by atoms with Crippen molar-refractivity contribution in [1.29, 1.82) is 0 Å². The molecule has 0 aliphatic carbocycles. The van der Waals surface area contributed by atoms with Gasteiger partial charge in [0.15, 0.2) is 0 Å². The summed E-state index contributed by atoms with van der Waals surface area (Å²) in [6, 6.07) is 0.475. The molecule has 90 valence electrons. The summed E-state index contributed by atoms with van der Waals surface area (Å²) >= 11 is 0. The smallest absolute Gasteiger partial charge is 0.313 e. The van der Waals surface area contributed by atoms with E-state index in [1.165, 1.54) is 4.57 Å². The molecule has 5 heteroatoms. The summed E-state index contributed by atoms with van der Waals surface area (Å²) in [5, 5.41) is 3.27. The quantitative estimate of drug-likeness (QED) is 0.718. The molecule has 1 N–H and O–H groups in total. The van der Waals surface area contributed by atoms with E-state index in [1.54, 1.807) is 19.4 Å². The summed E-state index contributed by atoms with van der Waals surface area (Å²) in [5.41, 5.74) is -0.195. The number of aromatic nitrogens is 2. The average Bonchev–Trinajstić information content (AvgIpc) is 2.23. The van der Waals surface area contributed by atoms with Gasteiger partial charge in [0.2, 0.25) is 0 Å². The van der Waals surface area contributed by atoms with E-state index >= 15 is 0 Å². The van der Waals surface area contributed by atoms with Crippen molar-refractivity contribution in [3.8, 4) is 5.88 Å². The van der Waals surface area contributed by atoms with Crippen LogP contribution in [0.25, 0.3) is 0 Å². The van der Waals surface area contributed by atoms with Crippen molar-refractivity contribution in [1.82, 2.24) is 14.9 Å². The minimum atomic E-state index is -0.195. The Balaban J connectivity index is 2.32. The third-order valence-electron chi connectivity index (χ3n) is 2.10. The predicted molar refractivity (Wildman–Crippen MR) is 62.7 cm³/mol. The summed E-state index contributed by atoms with van der Waals surface area (Å²) in [4.78, 5) is 15.4. The van der Waals surface area contributed by atoms with Crippen molar-refractivity contribution >= 4 is 0 Å². The molecule has 1 heterocycles. The lowest BCUT2D eigenvalue weighted by Gasteiger charge is -2.08. The second-order valence-electron chi connectivity index (χ2n) is 3.96. The molecule has 5 nitrogen and oxygen atoms in total. The summed E-state index contributed by atoms with van der Waals surface area (Å²) in [6.07, 6.45) is 4.02. The second kappa shape index (κ2) is 6.27. The van der Waals surface area contributed by atoms with Crippen LogP contribution in [-0.2, 0) is 7.05 Å². The maximum atomic E-state index is 11.5. The van der Waals surface area contributed by atoms with Crippen LogP contribution in [0.2, 0.25) is 0 Å². The summed E-state index contributed by atoms with van der Waals surface area (Å²) < 4.78 is 6.77. The first kappa shape index (κ1) is 12.7. The Morgan fingerprint density at radius 2 is 2.31 bits per heavy atom. The molecule has 0 atom stereocenters. The zero-order valence-electron chi connectivity index (χ0n) is 10.1. The van der Waals surface area contributed by atoms with Crippen molar-refractivity contribution in [3.05, 3.63) is 22.7 Å². The van der Waals surface area contributed by atoms with Crippen molar-refractivity contribution in [2.45, 2.75) is 26.3 Å². The zero-order chi connectivity index (χ0) is 12.0. The molecule has 0 aromatic carbocycles. The van der Waals surface area contributed by atoms with Gasteiger partial charge in [-0.3, -0.25) is 4.79 Å². The number of ether oxygens (including phenoxy) is 1. The monoisotopic (exact) mass is 225 g/mol. The molecule has 0 unspecified atom stereocenters. The number of nitrogens with zero attached hydrogens (tertiary/aromatic N) is 2. The molecule has 0 fully saturated rings. The topological polar surface area (TPSA) is 56.1 Å². The van der Waals surface area contributed by atoms with E-state index in [0.717, 1.165) is 13.0 Å². The van der Waals surface area contributed by atoms with Gasteiger partial charge in [0.25, 0.3) is 5.88 Å². The SMILES string of the molecule is CC(C)NCCCOc1nccn(C)c1=O. The number of nitrogens with one attached hydrogen (secondary N) is 1. The minimum absolute atomic E-state index is 0.176. The normalized spacial score (nSPS) is 10.8. The van der Waals surface area contributed by atoms with Gasteiger partial charge in [0.1, 0.15) is 0 Å². The third-order valence-corrected chi connectivity index (χ3v) is 2.10. The third kappa shape index (κ3) is 4.02. The van der Waals surface area contributed by atoms with E-state index in [1.807, 2.05) is 0 Å². The van der Waals surface area contributed by atoms with E-state index in [4.69, 9.17) is 4.74 Å². The van der Waals surface area contributed by atoms with Gasteiger partial charge >= 0.3 is 5.56 Å². The molecule has 0 aliphatic heterocycles. The lowest BCUT2D eigenvalue weighted by Crippen LogP contribution is -2.25. The van der Waals surface area contributed by atoms with Crippen LogP contribution >= 0.6 is 0 Å². The molecule has 0 saturated carbocycles. The van der Waals surface area contributed by atoms with Crippen LogP contribution in [0.15, 0.2) is 17.2 Å². The van der Waals surface area contributed by atoms with Gasteiger partial charge in [-0.25, -0.2) is 4.98 Å². The Kier molecular flexibility index (Phi) is 4.98.